The summed E-state index contributed by atoms with van der Waals surface area (Å²) in [5.41, 5.74) is -7.86. The van der Waals surface area contributed by atoms with Gasteiger partial charge in [0.15, 0.2) is 12.2 Å². The summed E-state index contributed by atoms with van der Waals surface area (Å²) in [7, 11) is 0. The number of carbonyl (C=O) groups is 5. The lowest BCUT2D eigenvalue weighted by molar-refractivity contribution is -0.363. The van der Waals surface area contributed by atoms with Crippen LogP contribution in [0.15, 0.2) is 30.3 Å². The molecule has 0 radical (unpaired) electrons. The first-order chi connectivity index (χ1) is 22.8. The summed E-state index contributed by atoms with van der Waals surface area (Å²) in [5.74, 6) is -6.25. The molecule has 0 aromatic heterocycles. The van der Waals surface area contributed by atoms with Crippen molar-refractivity contribution < 1.29 is 62.6 Å². The second-order valence-corrected chi connectivity index (χ2v) is 14.4. The van der Waals surface area contributed by atoms with Crippen LogP contribution in [-0.4, -0.2) is 94.0 Å². The minimum atomic E-state index is -2.24. The molecule has 2 saturated carbocycles. The van der Waals surface area contributed by atoms with Gasteiger partial charge in [-0.2, -0.15) is 0 Å². The van der Waals surface area contributed by atoms with E-state index >= 15 is 0 Å². The molecule has 3 fully saturated rings. The van der Waals surface area contributed by atoms with Gasteiger partial charge in [0.25, 0.3) is 0 Å². The van der Waals surface area contributed by atoms with Crippen molar-refractivity contribution in [3.8, 4) is 0 Å². The Kier molecular flexibility index (Phi) is 10.9. The summed E-state index contributed by atoms with van der Waals surface area (Å²) < 4.78 is 36.9. The van der Waals surface area contributed by atoms with Crippen LogP contribution in [0, 0.1) is 23.2 Å². The van der Waals surface area contributed by atoms with Gasteiger partial charge in [0.2, 0.25) is 0 Å². The number of esters is 5. The highest BCUT2D eigenvalue weighted by atomic mass is 16.6. The van der Waals surface area contributed by atoms with Crippen LogP contribution in [0.5, 0.6) is 0 Å². The number of aliphatic hydroxyl groups excluding tert-OH is 1. The molecule has 1 aromatic rings. The first kappa shape index (κ1) is 38.3. The van der Waals surface area contributed by atoms with E-state index in [9.17, 15) is 34.2 Å². The van der Waals surface area contributed by atoms with Crippen molar-refractivity contribution in [1.82, 2.24) is 0 Å². The molecule has 3 aliphatic rings. The van der Waals surface area contributed by atoms with Gasteiger partial charge in [-0.15, -0.1) is 0 Å². The van der Waals surface area contributed by atoms with Crippen LogP contribution >= 0.6 is 0 Å². The fourth-order valence-corrected chi connectivity index (χ4v) is 8.03. The molecule has 13 nitrogen and oxygen atoms in total. The Balaban J connectivity index is 2.13. The Morgan fingerprint density at radius 2 is 1.43 bits per heavy atom. The monoisotopic (exact) mass is 690 g/mol. The van der Waals surface area contributed by atoms with Crippen molar-refractivity contribution >= 4 is 29.8 Å². The summed E-state index contributed by atoms with van der Waals surface area (Å²) in [6.07, 6.45) is -7.59. The molecule has 4 rings (SSSR count). The summed E-state index contributed by atoms with van der Waals surface area (Å²) in [6.45, 7) is 13.0. The largest absolute Gasteiger partial charge is 0.464 e. The Morgan fingerprint density at radius 1 is 0.857 bits per heavy atom. The third-order valence-corrected chi connectivity index (χ3v) is 10.7. The average Bonchev–Trinajstić information content (AvgIpc) is 3.21. The number of hydrogen-bond donors (Lipinski definition) is 2. The zero-order chi connectivity index (χ0) is 36.7. The van der Waals surface area contributed by atoms with Crippen LogP contribution in [0.25, 0.3) is 0 Å². The van der Waals surface area contributed by atoms with Crippen molar-refractivity contribution in [2.75, 3.05) is 6.61 Å². The third-order valence-electron chi connectivity index (χ3n) is 10.7. The molecule has 49 heavy (non-hydrogen) atoms. The molecule has 11 atom stereocenters. The Labute approximate surface area is 286 Å². The first-order valence-corrected chi connectivity index (χ1v) is 16.9. The summed E-state index contributed by atoms with van der Waals surface area (Å²) in [4.78, 5) is 66.5. The molecular formula is C36H50O13. The second kappa shape index (κ2) is 14.0. The van der Waals surface area contributed by atoms with Crippen LogP contribution in [0.3, 0.4) is 0 Å². The van der Waals surface area contributed by atoms with E-state index in [1.54, 1.807) is 59.7 Å². The van der Waals surface area contributed by atoms with Crippen molar-refractivity contribution in [2.45, 2.75) is 129 Å². The zero-order valence-electron chi connectivity index (χ0n) is 29.7. The summed E-state index contributed by atoms with van der Waals surface area (Å²) in [6, 6.07) is 7.94. The number of rotatable bonds is 11. The fraction of sp³-hybridized carbons (Fsp3) is 0.694. The van der Waals surface area contributed by atoms with Gasteiger partial charge in [0.05, 0.1) is 40.6 Å². The molecule has 1 saturated heterocycles. The lowest BCUT2D eigenvalue weighted by Crippen LogP contribution is -2.85. The highest BCUT2D eigenvalue weighted by Gasteiger charge is 2.88. The average molecular weight is 691 g/mol. The molecule has 7 unspecified atom stereocenters. The molecule has 2 bridgehead atoms. The molecule has 1 aliphatic heterocycles. The highest BCUT2D eigenvalue weighted by molar-refractivity contribution is 5.89. The number of aliphatic hydroxyl groups is 2. The predicted molar refractivity (Wildman–Crippen MR) is 172 cm³/mol. The van der Waals surface area contributed by atoms with Gasteiger partial charge in [-0.1, -0.05) is 45.9 Å². The van der Waals surface area contributed by atoms with Gasteiger partial charge in [0, 0.05) is 20.3 Å². The van der Waals surface area contributed by atoms with Gasteiger partial charge in [-0.05, 0) is 45.7 Å². The van der Waals surface area contributed by atoms with Crippen molar-refractivity contribution in [1.29, 1.82) is 0 Å². The van der Waals surface area contributed by atoms with E-state index in [1.165, 1.54) is 19.1 Å². The van der Waals surface area contributed by atoms with Crippen LogP contribution < -0.4 is 0 Å². The SMILES string of the molecule is CCC(C)C(=O)OC[C@@]12C(OC(C)=O)C(OC(C)=O)C[C@@](C)(O)[C@]13OC(C)(C)[C@H](C(OC(=O)C(C)CC)C2OC(=O)c1ccccc1)C3O. The maximum absolute atomic E-state index is 14.0. The predicted octanol–water partition coefficient (Wildman–Crippen LogP) is 3.30. The number of carbonyl (C=O) groups excluding carboxylic acids is 5. The summed E-state index contributed by atoms with van der Waals surface area (Å²) in [5, 5.41) is 25.0. The number of hydrogen-bond acceptors (Lipinski definition) is 13. The molecule has 1 aromatic carbocycles. The second-order valence-electron chi connectivity index (χ2n) is 14.4. The van der Waals surface area contributed by atoms with Gasteiger partial charge >= 0.3 is 29.8 Å². The number of ether oxygens (including phenoxy) is 6. The first-order valence-electron chi connectivity index (χ1n) is 16.9. The smallest absolute Gasteiger partial charge is 0.338 e. The van der Waals surface area contributed by atoms with Crippen molar-refractivity contribution in [3.05, 3.63) is 35.9 Å². The molecule has 1 spiro atoms. The number of fused-ring (bicyclic) bond motifs is 1. The van der Waals surface area contributed by atoms with E-state index in [0.717, 1.165) is 13.8 Å². The normalized spacial score (nSPS) is 35.6. The lowest BCUT2D eigenvalue weighted by Gasteiger charge is -2.66. The lowest BCUT2D eigenvalue weighted by atomic mass is 9.45. The van der Waals surface area contributed by atoms with Gasteiger partial charge in [0.1, 0.15) is 29.8 Å². The molecule has 272 valence electrons. The summed E-state index contributed by atoms with van der Waals surface area (Å²) >= 11 is 0. The third kappa shape index (κ3) is 6.45. The minimum Gasteiger partial charge on any atom is -0.464 e. The van der Waals surface area contributed by atoms with Gasteiger partial charge in [-0.3, -0.25) is 19.2 Å². The Hall–Kier alpha value is -3.55. The zero-order valence-corrected chi connectivity index (χ0v) is 29.7. The maximum atomic E-state index is 14.0. The highest BCUT2D eigenvalue weighted by Crippen LogP contribution is 2.69. The standard InChI is InChI=1S/C36H50O13/c1-10-19(3)30(40)44-18-35-28(46-22(6)38)24(45-21(5)37)17-34(9,43)36(35)27(39)25(33(7,8)49-36)26(47-31(41)20(4)11-2)29(35)48-32(42)23-15-13-12-14-16-23/h12-16,19-20,24-29,39,43H,10-11,17-18H2,1-9H3/t19?,20?,24?,25-,26?,27?,28?,29?,34-,35+,36+/m1/s1. The van der Waals surface area contributed by atoms with Crippen LogP contribution in [0.4, 0.5) is 0 Å². The molecule has 2 N–H and O–H groups in total. The molecular weight excluding hydrogens is 640 g/mol. The van der Waals surface area contributed by atoms with E-state index in [1.807, 2.05) is 0 Å². The number of benzene rings is 1. The topological polar surface area (TPSA) is 181 Å². The van der Waals surface area contributed by atoms with Gasteiger partial charge < -0.3 is 38.6 Å². The quantitative estimate of drug-likeness (QED) is 0.255. The fourth-order valence-electron chi connectivity index (χ4n) is 8.03. The van der Waals surface area contributed by atoms with E-state index in [-0.39, 0.29) is 5.56 Å². The molecule has 2 aliphatic carbocycles. The van der Waals surface area contributed by atoms with E-state index < -0.39 is 113 Å². The van der Waals surface area contributed by atoms with Crippen LogP contribution in [0.2, 0.25) is 0 Å². The van der Waals surface area contributed by atoms with E-state index in [2.05, 4.69) is 0 Å². The van der Waals surface area contributed by atoms with Crippen molar-refractivity contribution in [3.63, 3.8) is 0 Å². The molecule has 1 heterocycles. The van der Waals surface area contributed by atoms with Crippen LogP contribution in [0.1, 0.15) is 91.9 Å². The Bertz CT molecular complexity index is 1420. The van der Waals surface area contributed by atoms with Gasteiger partial charge in [-0.25, -0.2) is 4.79 Å². The maximum Gasteiger partial charge on any atom is 0.338 e. The van der Waals surface area contributed by atoms with Crippen LogP contribution in [-0.2, 0) is 47.6 Å². The Morgan fingerprint density at radius 3 is 1.98 bits per heavy atom. The molecule has 13 heteroatoms. The minimum absolute atomic E-state index is 0.108. The van der Waals surface area contributed by atoms with E-state index in [0.29, 0.717) is 12.8 Å². The molecule has 0 amide bonds. The van der Waals surface area contributed by atoms with Crippen molar-refractivity contribution in [2.24, 2.45) is 23.2 Å². The van der Waals surface area contributed by atoms with E-state index in [4.69, 9.17) is 28.4 Å².